The maximum Gasteiger partial charge on any atom is 0.194 e. The summed E-state index contributed by atoms with van der Waals surface area (Å²) in [6.07, 6.45) is 2.42. The van der Waals surface area contributed by atoms with Gasteiger partial charge < -0.3 is 15.0 Å². The minimum absolute atomic E-state index is 0. The summed E-state index contributed by atoms with van der Waals surface area (Å²) in [5, 5.41) is 4.01. The number of ether oxygens (including phenoxy) is 1. The van der Waals surface area contributed by atoms with Crippen molar-refractivity contribution in [3.8, 4) is 0 Å². The predicted molar refractivity (Wildman–Crippen MR) is 126 cm³/mol. The minimum atomic E-state index is 0. The van der Waals surface area contributed by atoms with E-state index in [1.807, 2.05) is 11.8 Å². The molecule has 1 aromatic rings. The van der Waals surface area contributed by atoms with E-state index in [1.165, 1.54) is 5.56 Å². The van der Waals surface area contributed by atoms with Crippen molar-refractivity contribution in [1.29, 1.82) is 0 Å². The van der Waals surface area contributed by atoms with Crippen LogP contribution in [0.3, 0.4) is 0 Å². The van der Waals surface area contributed by atoms with Gasteiger partial charge in [-0.3, -0.25) is 9.89 Å². The Labute approximate surface area is 185 Å². The van der Waals surface area contributed by atoms with Gasteiger partial charge in [0, 0.05) is 38.0 Å². The largest absolute Gasteiger partial charge is 0.373 e. The highest BCUT2D eigenvalue weighted by atomic mass is 127. The Hall–Kier alpha value is -0.510. The highest BCUT2D eigenvalue weighted by Gasteiger charge is 2.41. The second-order valence-corrected chi connectivity index (χ2v) is 8.35. The topological polar surface area (TPSA) is 40.1 Å². The number of rotatable bonds is 6. The number of halogens is 1. The molecular weight excluding hydrogens is 471 g/mol. The number of fused-ring (bicyclic) bond motifs is 1. The van der Waals surface area contributed by atoms with Crippen LogP contribution in [0.25, 0.3) is 0 Å². The Balaban J connectivity index is 0.00000261. The molecular formula is C20H33IN4OS. The summed E-state index contributed by atoms with van der Waals surface area (Å²) in [6.45, 7) is 10.8. The van der Waals surface area contributed by atoms with Crippen LogP contribution in [0, 0.1) is 0 Å². The molecule has 3 atom stereocenters. The molecule has 152 valence electrons. The fourth-order valence-electron chi connectivity index (χ4n) is 3.66. The van der Waals surface area contributed by atoms with Crippen LogP contribution in [0.15, 0.2) is 35.3 Å². The number of aliphatic imine (C=N–C) groups is 1. The van der Waals surface area contributed by atoms with Crippen LogP contribution in [-0.4, -0.2) is 78.7 Å². The lowest BCUT2D eigenvalue weighted by Crippen LogP contribution is -2.50. The Bertz CT molecular complexity index is 589. The summed E-state index contributed by atoms with van der Waals surface area (Å²) in [5.74, 6) is 1.03. The van der Waals surface area contributed by atoms with Crippen molar-refractivity contribution in [3.63, 3.8) is 0 Å². The second-order valence-electron chi connectivity index (χ2n) is 7.08. The first-order valence-electron chi connectivity index (χ1n) is 9.67. The third kappa shape index (κ3) is 6.24. The van der Waals surface area contributed by atoms with Crippen molar-refractivity contribution in [1.82, 2.24) is 15.1 Å². The summed E-state index contributed by atoms with van der Waals surface area (Å²) in [6, 6.07) is 11.2. The molecule has 0 bridgehead atoms. The average Bonchev–Trinajstić information content (AvgIpc) is 3.11. The van der Waals surface area contributed by atoms with Gasteiger partial charge >= 0.3 is 0 Å². The van der Waals surface area contributed by atoms with E-state index in [1.54, 1.807) is 0 Å². The van der Waals surface area contributed by atoms with Crippen LogP contribution in [-0.2, 0) is 11.3 Å². The van der Waals surface area contributed by atoms with E-state index in [0.29, 0.717) is 11.3 Å². The van der Waals surface area contributed by atoms with Gasteiger partial charge in [-0.05, 0) is 18.7 Å². The quantitative estimate of drug-likeness (QED) is 0.367. The molecule has 7 heteroatoms. The molecule has 27 heavy (non-hydrogen) atoms. The molecule has 0 spiro atoms. The Kier molecular flexibility index (Phi) is 9.69. The minimum Gasteiger partial charge on any atom is -0.373 e. The van der Waals surface area contributed by atoms with Gasteiger partial charge in [-0.1, -0.05) is 37.3 Å². The molecule has 2 aliphatic heterocycles. The van der Waals surface area contributed by atoms with Gasteiger partial charge in [-0.2, -0.15) is 11.8 Å². The average molecular weight is 504 g/mol. The molecule has 0 radical (unpaired) electrons. The van der Waals surface area contributed by atoms with Crippen LogP contribution in [0.2, 0.25) is 0 Å². The van der Waals surface area contributed by atoms with Crippen LogP contribution in [0.5, 0.6) is 0 Å². The second kappa shape index (κ2) is 11.5. The molecule has 2 fully saturated rings. The fourth-order valence-corrected chi connectivity index (χ4v) is 3.88. The number of morpholine rings is 1. The fraction of sp³-hybridized carbons (Fsp3) is 0.650. The Morgan fingerprint density at radius 2 is 2.11 bits per heavy atom. The molecule has 1 aromatic carbocycles. The normalized spacial score (nSPS) is 24.3. The van der Waals surface area contributed by atoms with E-state index >= 15 is 0 Å². The number of benzene rings is 1. The van der Waals surface area contributed by atoms with Crippen molar-refractivity contribution in [3.05, 3.63) is 35.9 Å². The summed E-state index contributed by atoms with van der Waals surface area (Å²) in [4.78, 5) is 9.83. The number of guanidine groups is 1. The van der Waals surface area contributed by atoms with Crippen LogP contribution < -0.4 is 5.32 Å². The van der Waals surface area contributed by atoms with Crippen molar-refractivity contribution in [2.75, 3.05) is 45.6 Å². The number of hydrogen-bond acceptors (Lipinski definition) is 4. The Morgan fingerprint density at radius 3 is 2.81 bits per heavy atom. The predicted octanol–water partition coefficient (Wildman–Crippen LogP) is 2.91. The van der Waals surface area contributed by atoms with E-state index in [4.69, 9.17) is 9.73 Å². The molecule has 3 rings (SSSR count). The van der Waals surface area contributed by atoms with Crippen molar-refractivity contribution in [2.45, 2.75) is 37.8 Å². The zero-order chi connectivity index (χ0) is 18.4. The van der Waals surface area contributed by atoms with E-state index in [0.717, 1.165) is 51.8 Å². The van der Waals surface area contributed by atoms with Gasteiger partial charge in [0.25, 0.3) is 0 Å². The van der Waals surface area contributed by atoms with E-state index in [2.05, 4.69) is 65.6 Å². The third-order valence-electron chi connectivity index (χ3n) is 5.18. The smallest absolute Gasteiger partial charge is 0.194 e. The first kappa shape index (κ1) is 22.8. The molecule has 2 aliphatic rings. The lowest BCUT2D eigenvalue weighted by molar-refractivity contribution is -0.0502. The summed E-state index contributed by atoms with van der Waals surface area (Å²) >= 11 is 1.86. The van der Waals surface area contributed by atoms with Crippen molar-refractivity contribution < 1.29 is 4.74 Å². The SMILES string of the molecule is CCNC(=NCC(C)SC)N1CC2OCCN(Cc3ccccc3)C2C1.I. The van der Waals surface area contributed by atoms with Gasteiger partial charge in [-0.25, -0.2) is 0 Å². The van der Waals surface area contributed by atoms with E-state index in [-0.39, 0.29) is 30.1 Å². The van der Waals surface area contributed by atoms with Gasteiger partial charge in [0.2, 0.25) is 0 Å². The highest BCUT2D eigenvalue weighted by molar-refractivity contribution is 14.0. The van der Waals surface area contributed by atoms with Crippen LogP contribution in [0.4, 0.5) is 0 Å². The molecule has 2 heterocycles. The molecule has 0 amide bonds. The van der Waals surface area contributed by atoms with Crippen LogP contribution in [0.1, 0.15) is 19.4 Å². The first-order chi connectivity index (χ1) is 12.7. The zero-order valence-corrected chi connectivity index (χ0v) is 19.8. The van der Waals surface area contributed by atoms with Gasteiger partial charge in [0.15, 0.2) is 5.96 Å². The summed E-state index contributed by atoms with van der Waals surface area (Å²) in [7, 11) is 0. The monoisotopic (exact) mass is 504 g/mol. The number of nitrogens with one attached hydrogen (secondary N) is 1. The molecule has 0 aromatic heterocycles. The standard InChI is InChI=1S/C20H32N4OS.HI/c1-4-21-20(22-12-16(2)26-3)24-14-18-19(15-24)25-11-10-23(18)13-17-8-6-5-7-9-17;/h5-9,16,18-19H,4,10-15H2,1-3H3,(H,21,22);1H. The zero-order valence-electron chi connectivity index (χ0n) is 16.6. The summed E-state index contributed by atoms with van der Waals surface area (Å²) in [5.41, 5.74) is 1.38. The van der Waals surface area contributed by atoms with Gasteiger partial charge in [0.05, 0.1) is 25.3 Å². The number of nitrogens with zero attached hydrogens (tertiary/aromatic N) is 3. The molecule has 3 unspecified atom stereocenters. The maximum atomic E-state index is 6.10. The Morgan fingerprint density at radius 1 is 1.33 bits per heavy atom. The van der Waals surface area contributed by atoms with Gasteiger partial charge in [0.1, 0.15) is 0 Å². The number of hydrogen-bond donors (Lipinski definition) is 1. The number of thioether (sulfide) groups is 1. The molecule has 0 saturated carbocycles. The van der Waals surface area contributed by atoms with E-state index in [9.17, 15) is 0 Å². The molecule has 2 saturated heterocycles. The first-order valence-corrected chi connectivity index (χ1v) is 11.0. The highest BCUT2D eigenvalue weighted by Crippen LogP contribution is 2.24. The molecule has 0 aliphatic carbocycles. The van der Waals surface area contributed by atoms with E-state index < -0.39 is 0 Å². The molecule has 1 N–H and O–H groups in total. The third-order valence-corrected chi connectivity index (χ3v) is 6.13. The lowest BCUT2D eigenvalue weighted by Gasteiger charge is -2.36. The van der Waals surface area contributed by atoms with Crippen molar-refractivity contribution >= 4 is 41.7 Å². The van der Waals surface area contributed by atoms with Crippen LogP contribution >= 0.6 is 35.7 Å². The molecule has 5 nitrogen and oxygen atoms in total. The lowest BCUT2D eigenvalue weighted by atomic mass is 10.1. The maximum absolute atomic E-state index is 6.10. The summed E-state index contributed by atoms with van der Waals surface area (Å²) < 4.78 is 6.10. The van der Waals surface area contributed by atoms with Crippen molar-refractivity contribution in [2.24, 2.45) is 4.99 Å². The number of likely N-dealkylation sites (tertiary alicyclic amines) is 1. The van der Waals surface area contributed by atoms with Gasteiger partial charge in [-0.15, -0.1) is 24.0 Å².